The Morgan fingerprint density at radius 2 is 2.00 bits per heavy atom. The van der Waals surface area contributed by atoms with Crippen molar-refractivity contribution in [1.82, 2.24) is 10.3 Å². The Morgan fingerprint density at radius 3 is 2.44 bits per heavy atom. The SMILES string of the molecule is CCCCC(NCC)c1ccc(C(F)(F)F)cn1. The van der Waals surface area contributed by atoms with E-state index in [1.807, 2.05) is 6.92 Å². The summed E-state index contributed by atoms with van der Waals surface area (Å²) in [6.07, 6.45) is -0.431. The highest BCUT2D eigenvalue weighted by molar-refractivity contribution is 5.18. The zero-order chi connectivity index (χ0) is 13.6. The van der Waals surface area contributed by atoms with Crippen LogP contribution in [-0.4, -0.2) is 11.5 Å². The third-order valence-corrected chi connectivity index (χ3v) is 2.77. The minimum Gasteiger partial charge on any atom is -0.309 e. The van der Waals surface area contributed by atoms with E-state index in [9.17, 15) is 13.2 Å². The molecule has 0 aliphatic rings. The lowest BCUT2D eigenvalue weighted by Crippen LogP contribution is -2.22. The molecule has 1 aromatic heterocycles. The first-order valence-electron chi connectivity index (χ1n) is 6.25. The molecule has 0 radical (unpaired) electrons. The van der Waals surface area contributed by atoms with Gasteiger partial charge < -0.3 is 5.32 Å². The van der Waals surface area contributed by atoms with Gasteiger partial charge in [0.25, 0.3) is 0 Å². The van der Waals surface area contributed by atoms with Crippen molar-refractivity contribution < 1.29 is 13.2 Å². The van der Waals surface area contributed by atoms with Crippen LogP contribution in [0.5, 0.6) is 0 Å². The summed E-state index contributed by atoms with van der Waals surface area (Å²) >= 11 is 0. The quantitative estimate of drug-likeness (QED) is 0.838. The predicted molar refractivity (Wildman–Crippen MR) is 65.2 cm³/mol. The molecule has 1 aromatic rings. The van der Waals surface area contributed by atoms with E-state index in [-0.39, 0.29) is 6.04 Å². The zero-order valence-corrected chi connectivity index (χ0v) is 10.7. The minimum atomic E-state index is -4.32. The number of nitrogens with zero attached hydrogens (tertiary/aromatic N) is 1. The van der Waals surface area contributed by atoms with Crippen LogP contribution >= 0.6 is 0 Å². The van der Waals surface area contributed by atoms with Gasteiger partial charge in [0.1, 0.15) is 0 Å². The number of halogens is 3. The lowest BCUT2D eigenvalue weighted by atomic mass is 10.1. The van der Waals surface area contributed by atoms with E-state index < -0.39 is 11.7 Å². The number of nitrogens with one attached hydrogen (secondary N) is 1. The monoisotopic (exact) mass is 260 g/mol. The number of pyridine rings is 1. The molecule has 0 aliphatic carbocycles. The number of hydrogen-bond acceptors (Lipinski definition) is 2. The first-order chi connectivity index (χ1) is 8.49. The van der Waals surface area contributed by atoms with Crippen molar-refractivity contribution in [1.29, 1.82) is 0 Å². The van der Waals surface area contributed by atoms with Gasteiger partial charge in [-0.2, -0.15) is 13.2 Å². The molecule has 102 valence electrons. The van der Waals surface area contributed by atoms with Gasteiger partial charge in [-0.1, -0.05) is 26.7 Å². The van der Waals surface area contributed by atoms with Crippen molar-refractivity contribution in [3.8, 4) is 0 Å². The summed E-state index contributed by atoms with van der Waals surface area (Å²) in [6.45, 7) is 4.84. The molecule has 0 amide bonds. The van der Waals surface area contributed by atoms with Gasteiger partial charge in [0, 0.05) is 12.2 Å². The summed E-state index contributed by atoms with van der Waals surface area (Å²) in [7, 11) is 0. The van der Waals surface area contributed by atoms with E-state index in [2.05, 4.69) is 17.2 Å². The molecule has 1 rings (SSSR count). The van der Waals surface area contributed by atoms with Crippen LogP contribution < -0.4 is 5.32 Å². The van der Waals surface area contributed by atoms with Crippen molar-refractivity contribution in [2.75, 3.05) is 6.54 Å². The molecule has 0 fully saturated rings. The largest absolute Gasteiger partial charge is 0.417 e. The maximum absolute atomic E-state index is 12.4. The molecule has 0 spiro atoms. The summed E-state index contributed by atoms with van der Waals surface area (Å²) < 4.78 is 37.2. The Kier molecular flexibility index (Phi) is 5.59. The average Bonchev–Trinajstić information content (AvgIpc) is 2.33. The summed E-state index contributed by atoms with van der Waals surface area (Å²) in [5.74, 6) is 0. The van der Waals surface area contributed by atoms with E-state index >= 15 is 0 Å². The molecule has 0 saturated heterocycles. The normalized spacial score (nSPS) is 13.6. The molecule has 0 bridgehead atoms. The molecule has 0 aromatic carbocycles. The van der Waals surface area contributed by atoms with Gasteiger partial charge >= 0.3 is 6.18 Å². The maximum atomic E-state index is 12.4. The predicted octanol–water partition coefficient (Wildman–Crippen LogP) is 3.94. The topological polar surface area (TPSA) is 24.9 Å². The fraction of sp³-hybridized carbons (Fsp3) is 0.615. The van der Waals surface area contributed by atoms with Gasteiger partial charge in [0.2, 0.25) is 0 Å². The van der Waals surface area contributed by atoms with Gasteiger partial charge in [-0.3, -0.25) is 4.98 Å². The fourth-order valence-electron chi connectivity index (χ4n) is 1.79. The Morgan fingerprint density at radius 1 is 1.28 bits per heavy atom. The first-order valence-corrected chi connectivity index (χ1v) is 6.25. The van der Waals surface area contributed by atoms with E-state index in [1.54, 1.807) is 0 Å². The third kappa shape index (κ3) is 4.29. The summed E-state index contributed by atoms with van der Waals surface area (Å²) in [6, 6.07) is 2.60. The van der Waals surface area contributed by atoms with E-state index in [0.717, 1.165) is 38.1 Å². The van der Waals surface area contributed by atoms with Crippen molar-refractivity contribution in [3.63, 3.8) is 0 Å². The van der Waals surface area contributed by atoms with Crippen LogP contribution in [0.1, 0.15) is 50.4 Å². The van der Waals surface area contributed by atoms with E-state index in [0.29, 0.717) is 5.69 Å². The lowest BCUT2D eigenvalue weighted by molar-refractivity contribution is -0.137. The van der Waals surface area contributed by atoms with Crippen molar-refractivity contribution in [3.05, 3.63) is 29.6 Å². The number of hydrogen-bond donors (Lipinski definition) is 1. The number of alkyl halides is 3. The summed E-state index contributed by atoms with van der Waals surface area (Å²) in [5, 5.41) is 3.25. The third-order valence-electron chi connectivity index (χ3n) is 2.77. The Labute approximate surface area is 106 Å². The molecule has 1 unspecified atom stereocenters. The van der Waals surface area contributed by atoms with Crippen LogP contribution in [0, 0.1) is 0 Å². The van der Waals surface area contributed by atoms with Crippen LogP contribution in [0.3, 0.4) is 0 Å². The zero-order valence-electron chi connectivity index (χ0n) is 10.7. The minimum absolute atomic E-state index is 0.0391. The summed E-state index contributed by atoms with van der Waals surface area (Å²) in [5.41, 5.74) is -0.0183. The van der Waals surface area contributed by atoms with Crippen molar-refractivity contribution in [2.24, 2.45) is 0 Å². The molecule has 18 heavy (non-hydrogen) atoms. The molecule has 1 heterocycles. The second-order valence-corrected chi connectivity index (χ2v) is 4.22. The van der Waals surface area contributed by atoms with E-state index in [4.69, 9.17) is 0 Å². The standard InChI is InChI=1S/C13H19F3N2/c1-3-5-6-11(17-4-2)12-8-7-10(9-18-12)13(14,15)16/h7-9,11,17H,3-6H2,1-2H3. The summed E-state index contributed by atoms with van der Waals surface area (Å²) in [4.78, 5) is 3.93. The van der Waals surface area contributed by atoms with E-state index in [1.165, 1.54) is 6.07 Å². The molecule has 1 atom stereocenters. The van der Waals surface area contributed by atoms with Crippen LogP contribution in [0.2, 0.25) is 0 Å². The van der Waals surface area contributed by atoms with Gasteiger partial charge in [-0.25, -0.2) is 0 Å². The average molecular weight is 260 g/mol. The van der Waals surface area contributed by atoms with Gasteiger partial charge in [0.05, 0.1) is 11.3 Å². The fourth-order valence-corrected chi connectivity index (χ4v) is 1.79. The number of rotatable bonds is 6. The van der Waals surface area contributed by atoms with Crippen molar-refractivity contribution >= 4 is 0 Å². The molecule has 2 nitrogen and oxygen atoms in total. The smallest absolute Gasteiger partial charge is 0.309 e. The maximum Gasteiger partial charge on any atom is 0.417 e. The highest BCUT2D eigenvalue weighted by Crippen LogP contribution is 2.29. The molecular weight excluding hydrogens is 241 g/mol. The second kappa shape index (κ2) is 6.73. The molecule has 0 saturated carbocycles. The van der Waals surface area contributed by atoms with Crippen molar-refractivity contribution in [2.45, 2.75) is 45.3 Å². The number of aromatic nitrogens is 1. The van der Waals surface area contributed by atoms with Gasteiger partial charge in [0.15, 0.2) is 0 Å². The Bertz CT molecular complexity index is 346. The Hall–Kier alpha value is -1.10. The highest BCUT2D eigenvalue weighted by atomic mass is 19.4. The lowest BCUT2D eigenvalue weighted by Gasteiger charge is -2.17. The highest BCUT2D eigenvalue weighted by Gasteiger charge is 2.30. The molecule has 5 heteroatoms. The van der Waals surface area contributed by atoms with Crippen LogP contribution in [0.25, 0.3) is 0 Å². The van der Waals surface area contributed by atoms with Crippen LogP contribution in [-0.2, 0) is 6.18 Å². The van der Waals surface area contributed by atoms with Crippen LogP contribution in [0.15, 0.2) is 18.3 Å². The molecular formula is C13H19F3N2. The Balaban J connectivity index is 2.79. The van der Waals surface area contributed by atoms with Gasteiger partial charge in [-0.15, -0.1) is 0 Å². The molecule has 0 aliphatic heterocycles. The molecule has 1 N–H and O–H groups in total. The van der Waals surface area contributed by atoms with Gasteiger partial charge in [-0.05, 0) is 25.1 Å². The van der Waals surface area contributed by atoms with Crippen LogP contribution in [0.4, 0.5) is 13.2 Å². The second-order valence-electron chi connectivity index (χ2n) is 4.22. The number of unbranched alkanes of at least 4 members (excludes halogenated alkanes) is 1. The first kappa shape index (κ1) is 15.0.